The van der Waals surface area contributed by atoms with Crippen molar-refractivity contribution < 1.29 is 33.8 Å². The molecule has 2 aromatic rings. The van der Waals surface area contributed by atoms with Crippen LogP contribution in [0.2, 0.25) is 0 Å². The number of fused-ring (bicyclic) bond motifs is 1. The summed E-state index contributed by atoms with van der Waals surface area (Å²) in [6.45, 7) is 12.9. The maximum atomic E-state index is 14.6. The molecule has 2 bridgehead atoms. The molecule has 47 heavy (non-hydrogen) atoms. The van der Waals surface area contributed by atoms with Crippen LogP contribution in [-0.2, 0) is 28.7 Å². The van der Waals surface area contributed by atoms with Gasteiger partial charge < -0.3 is 29.7 Å². The molecule has 3 fully saturated rings. The Labute approximate surface area is 276 Å². The van der Waals surface area contributed by atoms with Crippen LogP contribution in [0.3, 0.4) is 0 Å². The van der Waals surface area contributed by atoms with E-state index in [1.807, 2.05) is 62.4 Å². The van der Waals surface area contributed by atoms with E-state index in [9.17, 15) is 24.3 Å². The van der Waals surface area contributed by atoms with Crippen molar-refractivity contribution in [1.82, 2.24) is 10.2 Å². The van der Waals surface area contributed by atoms with Crippen LogP contribution in [0.5, 0.6) is 0 Å². The predicted molar refractivity (Wildman–Crippen MR) is 177 cm³/mol. The fourth-order valence-corrected chi connectivity index (χ4v) is 7.58. The molecule has 0 saturated carbocycles. The number of amides is 3. The minimum absolute atomic E-state index is 0.0849. The number of aliphatic hydroxyl groups is 1. The molecule has 3 heterocycles. The van der Waals surface area contributed by atoms with Gasteiger partial charge in [0.2, 0.25) is 11.8 Å². The number of hydrogen-bond donors (Lipinski definition) is 2. The van der Waals surface area contributed by atoms with Crippen molar-refractivity contribution >= 4 is 29.4 Å². The van der Waals surface area contributed by atoms with E-state index in [0.717, 1.165) is 11.1 Å². The lowest BCUT2D eigenvalue weighted by Crippen LogP contribution is -2.57. The molecule has 2 aromatic carbocycles. The molecule has 250 valence electrons. The summed E-state index contributed by atoms with van der Waals surface area (Å²) in [4.78, 5) is 58.6. The third-order valence-electron chi connectivity index (χ3n) is 9.67. The zero-order valence-corrected chi connectivity index (χ0v) is 27.4. The average Bonchev–Trinajstić information content (AvgIpc) is 3.70. The van der Waals surface area contributed by atoms with Gasteiger partial charge in [0.1, 0.15) is 17.7 Å². The van der Waals surface area contributed by atoms with Gasteiger partial charge in [0.25, 0.3) is 5.91 Å². The first-order chi connectivity index (χ1) is 22.6. The first kappa shape index (κ1) is 34.1. The Balaban J connectivity index is 1.47. The molecule has 7 atom stereocenters. The zero-order valence-electron chi connectivity index (χ0n) is 27.4. The van der Waals surface area contributed by atoms with Gasteiger partial charge in [0, 0.05) is 25.2 Å². The number of aryl methyl sites for hydroxylation is 2. The molecule has 10 nitrogen and oxygen atoms in total. The number of anilines is 1. The van der Waals surface area contributed by atoms with Crippen LogP contribution in [0.15, 0.2) is 73.8 Å². The highest BCUT2D eigenvalue weighted by atomic mass is 16.6. The summed E-state index contributed by atoms with van der Waals surface area (Å²) in [5.74, 6) is -3.51. The highest BCUT2D eigenvalue weighted by Gasteiger charge is 2.75. The van der Waals surface area contributed by atoms with Gasteiger partial charge in [-0.1, -0.05) is 54.6 Å². The van der Waals surface area contributed by atoms with Crippen LogP contribution in [0.25, 0.3) is 0 Å². The number of likely N-dealkylation sites (tertiary alicyclic amines) is 1. The van der Waals surface area contributed by atoms with Crippen molar-refractivity contribution in [2.24, 2.45) is 11.8 Å². The largest absolute Gasteiger partial charge is 0.455 e. The standard InChI is InChI=1S/C37H45N3O7/c1-6-8-14-29(42)38-25(5)32(26-12-10-9-11-13-26)46-36(45)30-28-17-18-37(47-28)31(30)34(43)40(20-21-41)33(37)35(44)39(19-7-2)27-22-23(3)15-16-24(27)4/h6-7,9-13,15-16,22,25,28,30-33,41H,1-2,8,14,17-21H2,3-5H3,(H,38,42)/t25-,28-,30+,31+,32-,33-,37+/m1/s1. The summed E-state index contributed by atoms with van der Waals surface area (Å²) < 4.78 is 12.8. The summed E-state index contributed by atoms with van der Waals surface area (Å²) >= 11 is 0. The minimum Gasteiger partial charge on any atom is -0.455 e. The van der Waals surface area contributed by atoms with Crippen LogP contribution < -0.4 is 10.2 Å². The topological polar surface area (TPSA) is 125 Å². The van der Waals surface area contributed by atoms with E-state index in [0.29, 0.717) is 30.5 Å². The lowest BCUT2D eigenvalue weighted by Gasteiger charge is -2.37. The minimum atomic E-state index is -1.26. The molecule has 3 aliphatic heterocycles. The number of benzene rings is 2. The molecule has 3 saturated heterocycles. The molecular formula is C37H45N3O7. The zero-order chi connectivity index (χ0) is 33.9. The Hall–Kier alpha value is -4.28. The van der Waals surface area contributed by atoms with Crippen LogP contribution in [-0.4, -0.2) is 77.2 Å². The number of aliphatic hydroxyl groups excluding tert-OH is 1. The van der Waals surface area contributed by atoms with Gasteiger partial charge in [-0.3, -0.25) is 19.2 Å². The number of carbonyl (C=O) groups excluding carboxylic acids is 4. The first-order valence-electron chi connectivity index (χ1n) is 16.3. The van der Waals surface area contributed by atoms with E-state index in [1.165, 1.54) is 4.90 Å². The number of allylic oxidation sites excluding steroid dienone is 1. The third kappa shape index (κ3) is 6.36. The predicted octanol–water partition coefficient (Wildman–Crippen LogP) is 3.94. The average molecular weight is 644 g/mol. The Morgan fingerprint density at radius 1 is 1.17 bits per heavy atom. The van der Waals surface area contributed by atoms with Gasteiger partial charge in [-0.05, 0) is 62.8 Å². The summed E-state index contributed by atoms with van der Waals surface area (Å²) in [5, 5.41) is 12.9. The van der Waals surface area contributed by atoms with Gasteiger partial charge in [-0.2, -0.15) is 0 Å². The number of rotatable bonds is 14. The van der Waals surface area contributed by atoms with E-state index in [1.54, 1.807) is 24.0 Å². The molecule has 0 aliphatic carbocycles. The number of hydrogen-bond acceptors (Lipinski definition) is 7. The quantitative estimate of drug-likeness (QED) is 0.236. The molecule has 10 heteroatoms. The normalized spacial score (nSPS) is 25.5. The van der Waals surface area contributed by atoms with Crippen LogP contribution in [0, 0.1) is 25.7 Å². The molecule has 0 radical (unpaired) electrons. The number of nitrogens with zero attached hydrogens (tertiary/aromatic N) is 2. The van der Waals surface area contributed by atoms with E-state index in [4.69, 9.17) is 9.47 Å². The van der Waals surface area contributed by atoms with Gasteiger partial charge in [-0.15, -0.1) is 13.2 Å². The van der Waals surface area contributed by atoms with Crippen molar-refractivity contribution in [3.05, 3.63) is 90.5 Å². The highest BCUT2D eigenvalue weighted by molar-refractivity contribution is 6.05. The number of nitrogens with one attached hydrogen (secondary N) is 1. The van der Waals surface area contributed by atoms with Crippen LogP contribution in [0.1, 0.15) is 55.4 Å². The Kier molecular flexibility index (Phi) is 10.3. The fraction of sp³-hybridized carbons (Fsp3) is 0.459. The van der Waals surface area contributed by atoms with E-state index < -0.39 is 53.6 Å². The monoisotopic (exact) mass is 643 g/mol. The molecule has 0 aromatic heterocycles. The van der Waals surface area contributed by atoms with Crippen molar-refractivity contribution in [2.45, 2.75) is 76.3 Å². The van der Waals surface area contributed by atoms with Gasteiger partial charge in [0.05, 0.1) is 30.6 Å². The maximum Gasteiger partial charge on any atom is 0.313 e. The molecule has 0 unspecified atom stereocenters. The number of β-amino-alcohol motifs (C(OH)–C–C–N with tert-alkyl or cyclic N) is 1. The second kappa shape index (κ2) is 14.2. The lowest BCUT2D eigenvalue weighted by atomic mass is 9.70. The molecule has 3 amide bonds. The summed E-state index contributed by atoms with van der Waals surface area (Å²) in [6, 6.07) is 13.4. The number of esters is 1. The van der Waals surface area contributed by atoms with E-state index >= 15 is 0 Å². The van der Waals surface area contributed by atoms with Gasteiger partial charge in [-0.25, -0.2) is 0 Å². The maximum absolute atomic E-state index is 14.6. The number of carbonyl (C=O) groups is 4. The molecule has 3 aliphatic rings. The van der Waals surface area contributed by atoms with E-state index in [-0.39, 0.29) is 37.9 Å². The first-order valence-corrected chi connectivity index (χ1v) is 16.3. The van der Waals surface area contributed by atoms with E-state index in [2.05, 4.69) is 18.5 Å². The van der Waals surface area contributed by atoms with Crippen molar-refractivity contribution in [2.75, 3.05) is 24.6 Å². The smallest absolute Gasteiger partial charge is 0.313 e. The van der Waals surface area contributed by atoms with Crippen molar-refractivity contribution in [1.29, 1.82) is 0 Å². The Bertz CT molecular complexity index is 1530. The van der Waals surface area contributed by atoms with Gasteiger partial charge in [0.15, 0.2) is 0 Å². The number of ether oxygens (including phenoxy) is 2. The fourth-order valence-electron chi connectivity index (χ4n) is 7.58. The van der Waals surface area contributed by atoms with Crippen molar-refractivity contribution in [3.63, 3.8) is 0 Å². The summed E-state index contributed by atoms with van der Waals surface area (Å²) in [6.07, 6.45) is 3.49. The lowest BCUT2D eigenvalue weighted by molar-refractivity contribution is -0.162. The molecule has 2 N–H and O–H groups in total. The molecular weight excluding hydrogens is 598 g/mol. The van der Waals surface area contributed by atoms with Crippen LogP contribution >= 0.6 is 0 Å². The second-order valence-corrected chi connectivity index (χ2v) is 12.8. The van der Waals surface area contributed by atoms with Crippen LogP contribution in [0.4, 0.5) is 5.69 Å². The third-order valence-corrected chi connectivity index (χ3v) is 9.67. The summed E-state index contributed by atoms with van der Waals surface area (Å²) in [5.41, 5.74) is 1.98. The second-order valence-electron chi connectivity index (χ2n) is 12.8. The highest BCUT2D eigenvalue weighted by Crippen LogP contribution is 2.59. The SMILES string of the molecule is C=CCCC(=O)N[C@H](C)[C@@H](OC(=O)[C@@H]1[C@H]2C(=O)N(CCO)[C@H](C(=O)N(CC=C)c3cc(C)ccc3C)[C@]23CC[C@H]1O3)c1ccccc1. The Morgan fingerprint density at radius 2 is 1.91 bits per heavy atom. The van der Waals surface area contributed by atoms with Gasteiger partial charge >= 0.3 is 5.97 Å². The Morgan fingerprint density at radius 3 is 2.60 bits per heavy atom. The molecule has 5 rings (SSSR count). The van der Waals surface area contributed by atoms with Crippen molar-refractivity contribution in [3.8, 4) is 0 Å². The summed E-state index contributed by atoms with van der Waals surface area (Å²) in [7, 11) is 0. The molecule has 1 spiro atoms.